The van der Waals surface area contributed by atoms with Crippen molar-refractivity contribution >= 4 is 35.8 Å². The normalized spacial score (nSPS) is 18.0. The average molecular weight is 504 g/mol. The van der Waals surface area contributed by atoms with Crippen LogP contribution in [0.4, 0.5) is 0 Å². The number of guanidine groups is 1. The molecule has 1 aliphatic heterocycles. The van der Waals surface area contributed by atoms with Gasteiger partial charge in [0.1, 0.15) is 6.10 Å². The second kappa shape index (κ2) is 12.7. The fourth-order valence-electron chi connectivity index (χ4n) is 3.32. The minimum absolute atomic E-state index is 0. The molecule has 2 atom stereocenters. The van der Waals surface area contributed by atoms with E-state index in [0.29, 0.717) is 30.4 Å². The van der Waals surface area contributed by atoms with Gasteiger partial charge in [-0.1, -0.05) is 12.1 Å². The number of amides is 1. The maximum absolute atomic E-state index is 11.2. The zero-order valence-corrected chi connectivity index (χ0v) is 19.3. The van der Waals surface area contributed by atoms with Gasteiger partial charge in [-0.05, 0) is 44.7 Å². The van der Waals surface area contributed by atoms with E-state index < -0.39 is 0 Å². The van der Waals surface area contributed by atoms with Crippen molar-refractivity contribution in [3.8, 4) is 11.5 Å². The van der Waals surface area contributed by atoms with E-state index in [0.717, 1.165) is 38.4 Å². The third kappa shape index (κ3) is 7.73. The predicted molar refractivity (Wildman–Crippen MR) is 123 cm³/mol. The van der Waals surface area contributed by atoms with Crippen molar-refractivity contribution < 1.29 is 14.3 Å². The Hall–Kier alpha value is -1.71. The Morgan fingerprint density at radius 3 is 2.75 bits per heavy atom. The summed E-state index contributed by atoms with van der Waals surface area (Å²) in [5.41, 5.74) is 5.37. The summed E-state index contributed by atoms with van der Waals surface area (Å²) in [6, 6.07) is 7.60. The molecule has 1 aromatic carbocycles. The van der Waals surface area contributed by atoms with Crippen LogP contribution in [0.3, 0.4) is 0 Å². The van der Waals surface area contributed by atoms with Gasteiger partial charge in [-0.25, -0.2) is 4.99 Å². The van der Waals surface area contributed by atoms with Crippen LogP contribution in [-0.2, 0) is 4.79 Å². The molecule has 158 valence electrons. The van der Waals surface area contributed by atoms with Gasteiger partial charge in [-0.2, -0.15) is 0 Å². The number of piperidine rings is 1. The number of para-hydroxylation sites is 2. The van der Waals surface area contributed by atoms with Crippen molar-refractivity contribution in [2.75, 3.05) is 33.3 Å². The van der Waals surface area contributed by atoms with Crippen molar-refractivity contribution in [1.29, 1.82) is 0 Å². The third-order valence-corrected chi connectivity index (χ3v) is 4.54. The molecule has 1 fully saturated rings. The molecular weight excluding hydrogens is 471 g/mol. The molecule has 1 aromatic rings. The summed E-state index contributed by atoms with van der Waals surface area (Å²) in [5, 5.41) is 3.35. The maximum atomic E-state index is 11.2. The lowest BCUT2D eigenvalue weighted by molar-refractivity contribution is -0.119. The number of methoxy groups -OCH3 is 1. The number of likely N-dealkylation sites (tertiary alicyclic amines) is 1. The number of ether oxygens (including phenoxy) is 2. The predicted octanol–water partition coefficient (Wildman–Crippen LogP) is 2.63. The zero-order valence-electron chi connectivity index (χ0n) is 17.0. The van der Waals surface area contributed by atoms with E-state index in [1.807, 2.05) is 31.2 Å². The number of carbonyl (C=O) groups is 1. The van der Waals surface area contributed by atoms with E-state index in [1.54, 1.807) is 7.11 Å². The summed E-state index contributed by atoms with van der Waals surface area (Å²) in [4.78, 5) is 18.2. The van der Waals surface area contributed by atoms with Gasteiger partial charge in [0.2, 0.25) is 5.91 Å². The molecule has 0 aromatic heterocycles. The number of primary amides is 1. The Morgan fingerprint density at radius 1 is 1.39 bits per heavy atom. The summed E-state index contributed by atoms with van der Waals surface area (Å²) < 4.78 is 11.3. The number of rotatable bonds is 8. The van der Waals surface area contributed by atoms with Crippen LogP contribution >= 0.6 is 24.0 Å². The SMILES string of the molecule is CCNC(=NCC(C)Oc1ccccc1OC)N1CCCC(CC(N)=O)C1.I. The second-order valence-electron chi connectivity index (χ2n) is 6.90. The molecule has 2 rings (SSSR count). The fraction of sp³-hybridized carbons (Fsp3) is 0.600. The Kier molecular flexibility index (Phi) is 11.0. The number of nitrogens with zero attached hydrogens (tertiary/aromatic N) is 2. The van der Waals surface area contributed by atoms with Gasteiger partial charge in [0.05, 0.1) is 13.7 Å². The lowest BCUT2D eigenvalue weighted by Crippen LogP contribution is -2.47. The van der Waals surface area contributed by atoms with Crippen molar-refractivity contribution in [1.82, 2.24) is 10.2 Å². The van der Waals surface area contributed by atoms with E-state index in [4.69, 9.17) is 20.2 Å². The van der Waals surface area contributed by atoms with E-state index in [9.17, 15) is 4.79 Å². The number of hydrogen-bond donors (Lipinski definition) is 2. The molecule has 1 saturated heterocycles. The van der Waals surface area contributed by atoms with Crippen molar-refractivity contribution in [3.05, 3.63) is 24.3 Å². The van der Waals surface area contributed by atoms with Gasteiger partial charge in [0.15, 0.2) is 17.5 Å². The summed E-state index contributed by atoms with van der Waals surface area (Å²) in [5.74, 6) is 2.35. The van der Waals surface area contributed by atoms with Crippen molar-refractivity contribution in [2.24, 2.45) is 16.6 Å². The highest BCUT2D eigenvalue weighted by atomic mass is 127. The minimum atomic E-state index is -0.234. The molecule has 2 unspecified atom stereocenters. The molecule has 1 aliphatic rings. The van der Waals surface area contributed by atoms with Gasteiger partial charge >= 0.3 is 0 Å². The topological polar surface area (TPSA) is 89.2 Å². The molecule has 8 heteroatoms. The van der Waals surface area contributed by atoms with Gasteiger partial charge < -0.3 is 25.4 Å². The number of nitrogens with one attached hydrogen (secondary N) is 1. The quantitative estimate of drug-likeness (QED) is 0.323. The van der Waals surface area contributed by atoms with Gasteiger partial charge in [-0.15, -0.1) is 24.0 Å². The molecule has 3 N–H and O–H groups in total. The van der Waals surface area contributed by atoms with Crippen LogP contribution in [0.25, 0.3) is 0 Å². The first-order valence-corrected chi connectivity index (χ1v) is 9.64. The van der Waals surface area contributed by atoms with Crippen molar-refractivity contribution in [3.63, 3.8) is 0 Å². The van der Waals surface area contributed by atoms with Crippen LogP contribution in [-0.4, -0.2) is 56.2 Å². The molecule has 0 spiro atoms. The summed E-state index contributed by atoms with van der Waals surface area (Å²) in [7, 11) is 1.63. The Labute approximate surface area is 185 Å². The summed E-state index contributed by atoms with van der Waals surface area (Å²) in [6.45, 7) is 7.09. The van der Waals surface area contributed by atoms with Crippen LogP contribution in [0.1, 0.15) is 33.1 Å². The van der Waals surface area contributed by atoms with E-state index in [-0.39, 0.29) is 36.0 Å². The highest BCUT2D eigenvalue weighted by molar-refractivity contribution is 14.0. The molecule has 7 nitrogen and oxygen atoms in total. The molecule has 0 saturated carbocycles. The van der Waals surface area contributed by atoms with Gasteiger partial charge in [0, 0.05) is 26.1 Å². The smallest absolute Gasteiger partial charge is 0.217 e. The first-order chi connectivity index (χ1) is 13.0. The Bertz CT molecular complexity index is 642. The fourth-order valence-corrected chi connectivity index (χ4v) is 3.32. The summed E-state index contributed by atoms with van der Waals surface area (Å²) in [6.07, 6.45) is 2.41. The zero-order chi connectivity index (χ0) is 19.6. The molecule has 28 heavy (non-hydrogen) atoms. The van der Waals surface area contributed by atoms with Crippen LogP contribution in [0, 0.1) is 5.92 Å². The van der Waals surface area contributed by atoms with Crippen LogP contribution < -0.4 is 20.5 Å². The first kappa shape index (κ1) is 24.3. The number of carbonyl (C=O) groups excluding carboxylic acids is 1. The molecular formula is C20H33IN4O3. The molecule has 1 amide bonds. The average Bonchev–Trinajstić information content (AvgIpc) is 2.65. The number of aliphatic imine (C=N–C) groups is 1. The number of benzene rings is 1. The van der Waals surface area contributed by atoms with E-state index >= 15 is 0 Å². The maximum Gasteiger partial charge on any atom is 0.217 e. The molecule has 1 heterocycles. The number of nitrogens with two attached hydrogens (primary N) is 1. The monoisotopic (exact) mass is 504 g/mol. The number of hydrogen-bond acceptors (Lipinski definition) is 4. The van der Waals surface area contributed by atoms with Crippen LogP contribution in [0.5, 0.6) is 11.5 Å². The summed E-state index contributed by atoms with van der Waals surface area (Å²) >= 11 is 0. The largest absolute Gasteiger partial charge is 0.493 e. The Morgan fingerprint density at radius 2 is 2.11 bits per heavy atom. The van der Waals surface area contributed by atoms with Crippen LogP contribution in [0.15, 0.2) is 29.3 Å². The number of halogens is 1. The van der Waals surface area contributed by atoms with Crippen LogP contribution in [0.2, 0.25) is 0 Å². The highest BCUT2D eigenvalue weighted by Gasteiger charge is 2.23. The minimum Gasteiger partial charge on any atom is -0.493 e. The van der Waals surface area contributed by atoms with Gasteiger partial charge in [0.25, 0.3) is 0 Å². The first-order valence-electron chi connectivity index (χ1n) is 9.64. The molecule has 0 radical (unpaired) electrons. The second-order valence-corrected chi connectivity index (χ2v) is 6.90. The molecule has 0 bridgehead atoms. The Balaban J connectivity index is 0.00000392. The lowest BCUT2D eigenvalue weighted by Gasteiger charge is -2.34. The standard InChI is InChI=1S/C20H32N4O3.HI/c1-4-22-20(24-11-7-8-16(14-24)12-19(21)25)23-13-15(2)27-18-10-6-5-9-17(18)26-3;/h5-6,9-10,15-16H,4,7-8,11-14H2,1-3H3,(H2,21,25)(H,22,23);1H. The van der Waals surface area contributed by atoms with Crippen molar-refractivity contribution in [2.45, 2.75) is 39.2 Å². The van der Waals surface area contributed by atoms with E-state index in [2.05, 4.69) is 17.1 Å². The van der Waals surface area contributed by atoms with E-state index in [1.165, 1.54) is 0 Å². The van der Waals surface area contributed by atoms with Gasteiger partial charge in [-0.3, -0.25) is 4.79 Å². The molecule has 0 aliphatic carbocycles. The third-order valence-electron chi connectivity index (χ3n) is 4.54. The highest BCUT2D eigenvalue weighted by Crippen LogP contribution is 2.26. The lowest BCUT2D eigenvalue weighted by atomic mass is 9.95.